The zero-order chi connectivity index (χ0) is 43.6. The summed E-state index contributed by atoms with van der Waals surface area (Å²) in [6.45, 7) is 3.66. The van der Waals surface area contributed by atoms with E-state index in [1.165, 1.54) is 55.2 Å². The first-order chi connectivity index (χ1) is 29.8. The van der Waals surface area contributed by atoms with E-state index in [-0.39, 0.29) is 109 Å². The monoisotopic (exact) mass is 918 g/mol. The van der Waals surface area contributed by atoms with Gasteiger partial charge in [0.25, 0.3) is 10.0 Å². The number of nitrogens with zero attached hydrogens (tertiary/aromatic N) is 5. The molecule has 2 atom stereocenters. The molecule has 2 fully saturated rings. The van der Waals surface area contributed by atoms with Gasteiger partial charge in [0.2, 0.25) is 11.8 Å². The fourth-order valence-electron chi connectivity index (χ4n) is 8.13. The number of amides is 4. The molecule has 5 aromatic carbocycles. The average molecular weight is 919 g/mol. The van der Waals surface area contributed by atoms with E-state index in [1.807, 2.05) is 66.7 Å². The maximum atomic E-state index is 15.0. The van der Waals surface area contributed by atoms with Crippen LogP contribution in [0.15, 0.2) is 157 Å². The van der Waals surface area contributed by atoms with Crippen molar-refractivity contribution in [1.82, 2.24) is 29.1 Å². The maximum Gasteiger partial charge on any atom is 1.00 e. The summed E-state index contributed by atoms with van der Waals surface area (Å²) >= 11 is 0. The Morgan fingerprint density at radius 3 is 2.12 bits per heavy atom. The van der Waals surface area contributed by atoms with Gasteiger partial charge in [-0.05, 0) is 46.5 Å². The van der Waals surface area contributed by atoms with E-state index in [9.17, 15) is 37.2 Å². The van der Waals surface area contributed by atoms with Crippen LogP contribution in [-0.2, 0) is 43.7 Å². The summed E-state index contributed by atoms with van der Waals surface area (Å²) in [6.07, 6.45) is 2.07. The number of rotatable bonds is 13. The number of aromatic nitrogens is 1. The zero-order valence-corrected chi connectivity index (χ0v) is 40.9. The number of phosphoric acid groups is 1. The van der Waals surface area contributed by atoms with Crippen LogP contribution in [0, 0.1) is 0 Å². The Bertz CT molecular complexity index is 2800. The molecule has 0 spiro atoms. The van der Waals surface area contributed by atoms with Crippen molar-refractivity contribution < 1.29 is 101 Å². The van der Waals surface area contributed by atoms with Gasteiger partial charge in [-0.3, -0.25) is 9.59 Å². The fraction of sp³-hybridized carbons (Fsp3) is 0.178. The Labute approximate surface area is 415 Å². The predicted octanol–water partition coefficient (Wildman–Crippen LogP) is -1.50. The molecule has 3 heterocycles. The van der Waals surface area contributed by atoms with Crippen molar-refractivity contribution >= 4 is 46.6 Å². The molecular formula is C45H41N6Na2O9PS. The summed E-state index contributed by atoms with van der Waals surface area (Å²) < 4.78 is 46.0. The molecule has 1 N–H and O–H groups in total. The van der Waals surface area contributed by atoms with Crippen LogP contribution in [0.25, 0.3) is 22.0 Å². The normalized spacial score (nSPS) is 16.7. The second-order valence-electron chi connectivity index (χ2n) is 14.9. The van der Waals surface area contributed by atoms with Crippen molar-refractivity contribution in [2.45, 2.75) is 36.6 Å². The van der Waals surface area contributed by atoms with E-state index in [0.717, 1.165) is 11.1 Å². The molecule has 64 heavy (non-hydrogen) atoms. The van der Waals surface area contributed by atoms with Crippen LogP contribution in [0.5, 0.6) is 5.75 Å². The molecule has 0 bridgehead atoms. The van der Waals surface area contributed by atoms with Gasteiger partial charge in [-0.15, -0.1) is 6.58 Å². The van der Waals surface area contributed by atoms with Crippen LogP contribution < -0.4 is 78.7 Å². The Balaban J connectivity index is 0.00000340. The van der Waals surface area contributed by atoms with E-state index in [1.54, 1.807) is 47.6 Å². The number of hydrogen-bond acceptors (Lipinski definition) is 10. The summed E-state index contributed by atoms with van der Waals surface area (Å²) in [6, 6.07) is 35.9. The molecule has 0 radical (unpaired) electrons. The number of urea groups is 1. The molecule has 4 amide bonds. The van der Waals surface area contributed by atoms with Crippen molar-refractivity contribution in [3.8, 4) is 16.9 Å². The van der Waals surface area contributed by atoms with Crippen LogP contribution in [0.2, 0.25) is 0 Å². The maximum absolute atomic E-state index is 15.0. The third kappa shape index (κ3) is 10.4. The van der Waals surface area contributed by atoms with Gasteiger partial charge in [-0.1, -0.05) is 115 Å². The third-order valence-electron chi connectivity index (χ3n) is 10.9. The second kappa shape index (κ2) is 20.7. The summed E-state index contributed by atoms with van der Waals surface area (Å²) in [5.41, 5.74) is 3.64. The fourth-order valence-corrected chi connectivity index (χ4v) is 9.94. The van der Waals surface area contributed by atoms with Gasteiger partial charge in [-0.25, -0.2) is 27.2 Å². The van der Waals surface area contributed by atoms with E-state index in [0.29, 0.717) is 27.6 Å². The number of nitrogens with one attached hydrogen (secondary N) is 1. The van der Waals surface area contributed by atoms with Gasteiger partial charge in [0.05, 0.1) is 23.5 Å². The largest absolute Gasteiger partial charge is 1.00 e. The van der Waals surface area contributed by atoms with Crippen molar-refractivity contribution in [2.24, 2.45) is 0 Å². The number of carbonyl (C=O) groups is 3. The molecule has 2 aliphatic rings. The molecule has 15 nitrogen and oxygen atoms in total. The second-order valence-corrected chi connectivity index (χ2v) is 17.8. The summed E-state index contributed by atoms with van der Waals surface area (Å²) in [4.78, 5) is 69.1. The number of hydrazine groups is 1. The number of hydrogen-bond donors (Lipinski definition) is 1. The van der Waals surface area contributed by atoms with Gasteiger partial charge in [0.1, 0.15) is 25.8 Å². The van der Waals surface area contributed by atoms with E-state index < -0.39 is 47.9 Å². The van der Waals surface area contributed by atoms with Crippen LogP contribution in [0.3, 0.4) is 0 Å². The standard InChI is InChI=1S/C45H43N6O9PS.2Na/c1-2-25-48-31-42(52)50-40(26-32-21-23-36(24-22-32)60-61(55,56)57)44(53)47(30-41(50)51(48)45(54)46-27-33-13-6-3-7-14-33)28-35-17-12-20-38-39(34-15-8-4-9-16-34)29-49(43(35)38)62(58,59)37-18-10-5-11-19-37;;/h2-24,29,40-41H,1,25-28,30-31H2,(H,46,54)(H2,55,56,57);;/q;2*+1/p-2/t40-,41-;;/m0../s1. The number of carbonyl (C=O) groups excluding carboxylic acids is 3. The van der Waals surface area contributed by atoms with E-state index in [2.05, 4.69) is 16.4 Å². The minimum Gasteiger partial charge on any atom is -0.780 e. The van der Waals surface area contributed by atoms with Crippen molar-refractivity contribution in [1.29, 1.82) is 0 Å². The number of phosphoric ester groups is 1. The minimum absolute atomic E-state index is 0. The number of piperazine rings is 1. The molecule has 0 aliphatic carbocycles. The van der Waals surface area contributed by atoms with Crippen molar-refractivity contribution in [3.63, 3.8) is 0 Å². The quantitative estimate of drug-likeness (QED) is 0.0812. The van der Waals surface area contributed by atoms with Crippen molar-refractivity contribution in [3.05, 3.63) is 169 Å². The van der Waals surface area contributed by atoms with Gasteiger partial charge < -0.3 is 34.0 Å². The average Bonchev–Trinajstić information content (AvgIpc) is 3.67. The first-order valence-corrected chi connectivity index (χ1v) is 22.6. The van der Waals surface area contributed by atoms with Crippen LogP contribution in [-0.4, -0.2) is 81.9 Å². The zero-order valence-electron chi connectivity index (χ0n) is 35.2. The Kier molecular flexibility index (Phi) is 15.8. The third-order valence-corrected chi connectivity index (χ3v) is 13.0. The van der Waals surface area contributed by atoms with Gasteiger partial charge >= 0.3 is 65.1 Å². The molecule has 2 saturated heterocycles. The van der Waals surface area contributed by atoms with E-state index in [4.69, 9.17) is 0 Å². The number of fused-ring (bicyclic) bond motifs is 2. The number of para-hydroxylation sites is 1. The Hall–Kier alpha value is -4.55. The van der Waals surface area contributed by atoms with Gasteiger partial charge in [0, 0.05) is 43.2 Å². The molecule has 1 aromatic heterocycles. The SMILES string of the molecule is C=CCN1CC(=O)N2[C@@H](Cc3ccc(OP(=O)([O-])[O-])cc3)C(=O)N(Cc3cccc4c(-c5ccccc5)cn(S(=O)(=O)c5ccccc5)c34)C[C@@H]2N1C(=O)NCc1ccccc1.[Na+].[Na+]. The van der Waals surface area contributed by atoms with E-state index >= 15 is 0 Å². The first kappa shape index (κ1) is 48.9. The van der Waals surface area contributed by atoms with Crippen LogP contribution >= 0.6 is 7.82 Å². The van der Waals surface area contributed by atoms with Crippen LogP contribution in [0.4, 0.5) is 4.79 Å². The molecule has 19 heteroatoms. The minimum atomic E-state index is -5.34. The molecule has 318 valence electrons. The molecular weight excluding hydrogens is 878 g/mol. The van der Waals surface area contributed by atoms with Gasteiger partial charge in [0.15, 0.2) is 0 Å². The Morgan fingerprint density at radius 2 is 1.48 bits per heavy atom. The summed E-state index contributed by atoms with van der Waals surface area (Å²) in [5.74, 6) is -1.11. The van der Waals surface area contributed by atoms with Crippen molar-refractivity contribution in [2.75, 3.05) is 19.6 Å². The molecule has 8 rings (SSSR count). The molecule has 0 unspecified atom stereocenters. The molecule has 0 saturated carbocycles. The number of benzene rings is 5. The van der Waals surface area contributed by atoms with Gasteiger partial charge in [-0.2, -0.15) is 0 Å². The summed E-state index contributed by atoms with van der Waals surface area (Å²) in [7, 11) is -9.51. The smallest absolute Gasteiger partial charge is 0.780 e. The first-order valence-electron chi connectivity index (χ1n) is 19.7. The summed E-state index contributed by atoms with van der Waals surface area (Å²) in [5, 5.41) is 6.60. The topological polar surface area (TPSA) is 188 Å². The van der Waals surface area contributed by atoms with Crippen LogP contribution in [0.1, 0.15) is 16.7 Å². The Morgan fingerprint density at radius 1 is 0.844 bits per heavy atom. The predicted molar refractivity (Wildman–Crippen MR) is 227 cm³/mol. The molecule has 6 aromatic rings. The molecule has 2 aliphatic heterocycles.